The molecule has 0 radical (unpaired) electrons. The summed E-state index contributed by atoms with van der Waals surface area (Å²) in [5, 5.41) is 3.20. The van der Waals surface area contributed by atoms with E-state index in [-0.39, 0.29) is 24.0 Å². The Balaban J connectivity index is 2.05. The SMILES string of the molecule is CCOc1ccc(F)c(COC(=O)N2CCNCC2CC)c1F. The molecule has 0 bridgehead atoms. The summed E-state index contributed by atoms with van der Waals surface area (Å²) < 4.78 is 38.2. The zero-order valence-corrected chi connectivity index (χ0v) is 13.4. The second-order valence-corrected chi connectivity index (χ2v) is 5.29. The zero-order valence-electron chi connectivity index (χ0n) is 13.4. The van der Waals surface area contributed by atoms with E-state index in [0.29, 0.717) is 19.6 Å². The first-order valence-corrected chi connectivity index (χ1v) is 7.82. The van der Waals surface area contributed by atoms with Crippen LogP contribution in [0.15, 0.2) is 12.1 Å². The molecule has 1 amide bonds. The van der Waals surface area contributed by atoms with Gasteiger partial charge in [0.05, 0.1) is 12.2 Å². The predicted molar refractivity (Wildman–Crippen MR) is 81.4 cm³/mol. The first-order valence-electron chi connectivity index (χ1n) is 7.82. The molecule has 1 saturated heterocycles. The maximum atomic E-state index is 14.2. The highest BCUT2D eigenvalue weighted by molar-refractivity contribution is 5.68. The molecule has 0 aromatic heterocycles. The maximum Gasteiger partial charge on any atom is 0.410 e. The van der Waals surface area contributed by atoms with E-state index in [1.807, 2.05) is 6.92 Å². The third-order valence-electron chi connectivity index (χ3n) is 3.85. The van der Waals surface area contributed by atoms with E-state index < -0.39 is 24.3 Å². The van der Waals surface area contributed by atoms with Crippen molar-refractivity contribution in [2.45, 2.75) is 32.9 Å². The van der Waals surface area contributed by atoms with E-state index in [1.54, 1.807) is 11.8 Å². The standard InChI is InChI=1S/C16H22F2N2O3/c1-3-11-9-19-7-8-20(11)16(21)23-10-12-13(17)5-6-14(15(12)18)22-4-2/h5-6,11,19H,3-4,7-10H2,1-2H3. The summed E-state index contributed by atoms with van der Waals surface area (Å²) in [6.07, 6.45) is 0.226. The number of hydrogen-bond acceptors (Lipinski definition) is 4. The van der Waals surface area contributed by atoms with E-state index in [2.05, 4.69) is 5.32 Å². The Hall–Kier alpha value is -1.89. The van der Waals surface area contributed by atoms with Crippen molar-refractivity contribution in [2.75, 3.05) is 26.2 Å². The average molecular weight is 328 g/mol. The molecule has 1 aliphatic heterocycles. The molecule has 1 aromatic carbocycles. The molecule has 0 saturated carbocycles. The van der Waals surface area contributed by atoms with Crippen LogP contribution in [0.4, 0.5) is 13.6 Å². The number of halogens is 2. The van der Waals surface area contributed by atoms with Crippen molar-refractivity contribution in [3.63, 3.8) is 0 Å². The second-order valence-electron chi connectivity index (χ2n) is 5.29. The molecule has 2 rings (SSSR count). The Morgan fingerprint density at radius 3 is 2.87 bits per heavy atom. The summed E-state index contributed by atoms with van der Waals surface area (Å²) in [4.78, 5) is 13.8. The number of carbonyl (C=O) groups is 1. The van der Waals surface area contributed by atoms with Crippen LogP contribution >= 0.6 is 0 Å². The molecule has 23 heavy (non-hydrogen) atoms. The Morgan fingerprint density at radius 1 is 1.39 bits per heavy atom. The lowest BCUT2D eigenvalue weighted by Crippen LogP contribution is -2.53. The van der Waals surface area contributed by atoms with Gasteiger partial charge in [-0.3, -0.25) is 0 Å². The van der Waals surface area contributed by atoms with Gasteiger partial charge in [-0.15, -0.1) is 0 Å². The van der Waals surface area contributed by atoms with Gasteiger partial charge in [0.1, 0.15) is 12.4 Å². The number of benzene rings is 1. The van der Waals surface area contributed by atoms with Gasteiger partial charge in [0.15, 0.2) is 11.6 Å². The summed E-state index contributed by atoms with van der Waals surface area (Å²) in [5.41, 5.74) is -0.299. The van der Waals surface area contributed by atoms with Crippen LogP contribution in [0.1, 0.15) is 25.8 Å². The number of nitrogens with one attached hydrogen (secondary N) is 1. The van der Waals surface area contributed by atoms with Gasteiger partial charge >= 0.3 is 6.09 Å². The largest absolute Gasteiger partial charge is 0.491 e. The van der Waals surface area contributed by atoms with Gasteiger partial charge in [0, 0.05) is 25.7 Å². The summed E-state index contributed by atoms with van der Waals surface area (Å²) in [5.74, 6) is -1.63. The van der Waals surface area contributed by atoms with Crippen LogP contribution in [0.25, 0.3) is 0 Å². The number of hydrogen-bond donors (Lipinski definition) is 1. The number of amides is 1. The van der Waals surface area contributed by atoms with Gasteiger partial charge in [-0.1, -0.05) is 6.92 Å². The molecule has 1 unspecified atom stereocenters. The molecule has 1 heterocycles. The summed E-state index contributed by atoms with van der Waals surface area (Å²) in [6.45, 7) is 5.36. The average Bonchev–Trinajstić information content (AvgIpc) is 2.57. The molecule has 1 aromatic rings. The smallest absolute Gasteiger partial charge is 0.410 e. The van der Waals surface area contributed by atoms with Crippen molar-refractivity contribution < 1.29 is 23.0 Å². The Morgan fingerprint density at radius 2 is 2.17 bits per heavy atom. The molecule has 1 aliphatic rings. The molecule has 1 N–H and O–H groups in total. The van der Waals surface area contributed by atoms with Crippen molar-refractivity contribution in [1.82, 2.24) is 10.2 Å². The summed E-state index contributed by atoms with van der Waals surface area (Å²) in [6, 6.07) is 2.36. The van der Waals surface area contributed by atoms with E-state index in [1.165, 1.54) is 6.07 Å². The molecule has 0 spiro atoms. The second kappa shape index (κ2) is 8.10. The van der Waals surface area contributed by atoms with E-state index in [4.69, 9.17) is 9.47 Å². The highest BCUT2D eigenvalue weighted by Crippen LogP contribution is 2.24. The number of nitrogens with zero attached hydrogens (tertiary/aromatic N) is 1. The van der Waals surface area contributed by atoms with Crippen molar-refractivity contribution >= 4 is 6.09 Å². The fraction of sp³-hybridized carbons (Fsp3) is 0.562. The maximum absolute atomic E-state index is 14.2. The number of carbonyl (C=O) groups excluding carboxylic acids is 1. The van der Waals surface area contributed by atoms with Crippen LogP contribution < -0.4 is 10.1 Å². The third-order valence-corrected chi connectivity index (χ3v) is 3.85. The van der Waals surface area contributed by atoms with Crippen LogP contribution in [0, 0.1) is 11.6 Å². The monoisotopic (exact) mass is 328 g/mol. The topological polar surface area (TPSA) is 50.8 Å². The van der Waals surface area contributed by atoms with Gasteiger partial charge < -0.3 is 19.7 Å². The summed E-state index contributed by atoms with van der Waals surface area (Å²) >= 11 is 0. The van der Waals surface area contributed by atoms with Crippen LogP contribution in [0.2, 0.25) is 0 Å². The lowest BCUT2D eigenvalue weighted by molar-refractivity contribution is 0.0697. The van der Waals surface area contributed by atoms with Gasteiger partial charge in [-0.25, -0.2) is 13.6 Å². The van der Waals surface area contributed by atoms with Crippen LogP contribution in [-0.4, -0.2) is 43.3 Å². The molecule has 128 valence electrons. The third kappa shape index (κ3) is 4.10. The van der Waals surface area contributed by atoms with Gasteiger partial charge in [-0.2, -0.15) is 0 Å². The number of ether oxygens (including phenoxy) is 2. The minimum Gasteiger partial charge on any atom is -0.491 e. The fourth-order valence-corrected chi connectivity index (χ4v) is 2.56. The Kier molecular flexibility index (Phi) is 6.15. The normalized spacial score (nSPS) is 17.9. The van der Waals surface area contributed by atoms with Gasteiger partial charge in [-0.05, 0) is 25.5 Å². The predicted octanol–water partition coefficient (Wildman–Crippen LogP) is 2.68. The van der Waals surface area contributed by atoms with Crippen LogP contribution in [0.3, 0.4) is 0 Å². The molecule has 0 aliphatic carbocycles. The molecule has 1 atom stereocenters. The van der Waals surface area contributed by atoms with Crippen molar-refractivity contribution in [3.05, 3.63) is 29.3 Å². The first kappa shape index (κ1) is 17.5. The summed E-state index contributed by atoms with van der Waals surface area (Å²) in [7, 11) is 0. The van der Waals surface area contributed by atoms with E-state index in [9.17, 15) is 13.6 Å². The van der Waals surface area contributed by atoms with E-state index >= 15 is 0 Å². The number of piperazine rings is 1. The lowest BCUT2D eigenvalue weighted by atomic mass is 10.1. The van der Waals surface area contributed by atoms with E-state index in [0.717, 1.165) is 12.5 Å². The zero-order chi connectivity index (χ0) is 16.8. The molecule has 7 heteroatoms. The van der Waals surface area contributed by atoms with Crippen molar-refractivity contribution in [3.8, 4) is 5.75 Å². The van der Waals surface area contributed by atoms with Crippen LogP contribution in [-0.2, 0) is 11.3 Å². The minimum absolute atomic E-state index is 0.0284. The van der Waals surface area contributed by atoms with Crippen molar-refractivity contribution in [2.24, 2.45) is 0 Å². The Bertz CT molecular complexity index is 554. The lowest BCUT2D eigenvalue weighted by Gasteiger charge is -2.34. The molecule has 1 fully saturated rings. The fourth-order valence-electron chi connectivity index (χ4n) is 2.56. The minimum atomic E-state index is -0.827. The van der Waals surface area contributed by atoms with Gasteiger partial charge in [0.25, 0.3) is 0 Å². The highest BCUT2D eigenvalue weighted by Gasteiger charge is 2.27. The van der Waals surface area contributed by atoms with Gasteiger partial charge in [0.2, 0.25) is 0 Å². The number of rotatable bonds is 5. The quantitative estimate of drug-likeness (QED) is 0.903. The Labute approximate surface area is 134 Å². The molecular formula is C16H22F2N2O3. The first-order chi connectivity index (χ1) is 11.1. The highest BCUT2D eigenvalue weighted by atomic mass is 19.1. The van der Waals surface area contributed by atoms with Crippen LogP contribution in [0.5, 0.6) is 5.75 Å². The molecular weight excluding hydrogens is 306 g/mol. The van der Waals surface area contributed by atoms with Crippen molar-refractivity contribution in [1.29, 1.82) is 0 Å². The molecule has 5 nitrogen and oxygen atoms in total.